The molecule has 1 aromatic carbocycles. The number of ether oxygens (including phenoxy) is 1. The second-order valence-electron chi connectivity index (χ2n) is 5.63. The highest BCUT2D eigenvalue weighted by Gasteiger charge is 2.36. The fourth-order valence-corrected chi connectivity index (χ4v) is 4.63. The van der Waals surface area contributed by atoms with Crippen LogP contribution >= 0.6 is 11.8 Å². The summed E-state index contributed by atoms with van der Waals surface area (Å²) >= 11 is 2.03. The molecule has 0 aliphatic carbocycles. The molecule has 3 rings (SSSR count). The van der Waals surface area contributed by atoms with Gasteiger partial charge in [-0.05, 0) is 67.2 Å². The predicted molar refractivity (Wildman–Crippen MR) is 76.7 cm³/mol. The minimum Gasteiger partial charge on any atom is -0.497 e. The van der Waals surface area contributed by atoms with E-state index in [4.69, 9.17) is 4.74 Å². The van der Waals surface area contributed by atoms with Gasteiger partial charge in [-0.2, -0.15) is 0 Å². The lowest BCUT2D eigenvalue weighted by molar-refractivity contribution is 0.310. The van der Waals surface area contributed by atoms with Crippen molar-refractivity contribution in [2.24, 2.45) is 5.41 Å². The Morgan fingerprint density at radius 2 is 2.22 bits per heavy atom. The van der Waals surface area contributed by atoms with Crippen LogP contribution in [0.1, 0.15) is 24.0 Å². The zero-order chi connectivity index (χ0) is 12.6. The lowest BCUT2D eigenvalue weighted by Crippen LogP contribution is -2.26. The number of nitrogens with one attached hydrogen (secondary N) is 1. The highest BCUT2D eigenvalue weighted by atomic mass is 32.2. The van der Waals surface area contributed by atoms with Gasteiger partial charge in [-0.25, -0.2) is 0 Å². The molecule has 0 aromatic heterocycles. The Balaban J connectivity index is 2.00. The summed E-state index contributed by atoms with van der Waals surface area (Å²) in [6, 6.07) is 4.41. The van der Waals surface area contributed by atoms with Gasteiger partial charge in [0.15, 0.2) is 0 Å². The van der Waals surface area contributed by atoms with Gasteiger partial charge in [-0.15, -0.1) is 11.8 Å². The summed E-state index contributed by atoms with van der Waals surface area (Å²) in [6.07, 6.45) is 3.87. The first-order chi connectivity index (χ1) is 8.72. The van der Waals surface area contributed by atoms with Gasteiger partial charge in [0.1, 0.15) is 5.75 Å². The normalized spacial score (nSPS) is 27.0. The molecule has 2 aliphatic heterocycles. The summed E-state index contributed by atoms with van der Waals surface area (Å²) in [5.74, 6) is 2.26. The summed E-state index contributed by atoms with van der Waals surface area (Å²) in [5, 5.41) is 3.54. The summed E-state index contributed by atoms with van der Waals surface area (Å²) in [4.78, 5) is 1.50. The maximum Gasteiger partial charge on any atom is 0.119 e. The van der Waals surface area contributed by atoms with Crippen LogP contribution in [-0.2, 0) is 6.42 Å². The number of rotatable bonds is 1. The second-order valence-corrected chi connectivity index (χ2v) is 6.74. The van der Waals surface area contributed by atoms with E-state index in [1.165, 1.54) is 54.1 Å². The maximum absolute atomic E-state index is 5.43. The van der Waals surface area contributed by atoms with Crippen LogP contribution in [0, 0.1) is 12.3 Å². The van der Waals surface area contributed by atoms with Crippen molar-refractivity contribution in [1.82, 2.24) is 5.32 Å². The highest BCUT2D eigenvalue weighted by Crippen LogP contribution is 2.43. The molecule has 0 amide bonds. The number of methoxy groups -OCH3 is 1. The van der Waals surface area contributed by atoms with Crippen LogP contribution in [0.15, 0.2) is 17.0 Å². The van der Waals surface area contributed by atoms with Gasteiger partial charge in [0.05, 0.1) is 7.11 Å². The van der Waals surface area contributed by atoms with Crippen LogP contribution in [0.5, 0.6) is 5.75 Å². The molecular weight excluding hydrogens is 242 g/mol. The van der Waals surface area contributed by atoms with Crippen molar-refractivity contribution in [3.8, 4) is 5.75 Å². The molecule has 1 saturated heterocycles. The largest absolute Gasteiger partial charge is 0.497 e. The van der Waals surface area contributed by atoms with Gasteiger partial charge >= 0.3 is 0 Å². The van der Waals surface area contributed by atoms with Crippen LogP contribution in [-0.4, -0.2) is 26.0 Å². The Hall–Kier alpha value is -0.670. The van der Waals surface area contributed by atoms with Gasteiger partial charge in [0.25, 0.3) is 0 Å². The van der Waals surface area contributed by atoms with Gasteiger partial charge in [0, 0.05) is 11.4 Å². The van der Waals surface area contributed by atoms with Crippen LogP contribution in [0.3, 0.4) is 0 Å². The summed E-state index contributed by atoms with van der Waals surface area (Å²) in [5.41, 5.74) is 3.37. The quantitative estimate of drug-likeness (QED) is 0.841. The molecule has 2 nitrogen and oxygen atoms in total. The molecular formula is C15H21NOS. The number of benzene rings is 1. The van der Waals surface area contributed by atoms with Gasteiger partial charge < -0.3 is 10.1 Å². The van der Waals surface area contributed by atoms with Crippen LogP contribution in [0.2, 0.25) is 0 Å². The third-order valence-corrected chi connectivity index (χ3v) is 5.62. The van der Waals surface area contributed by atoms with Crippen molar-refractivity contribution >= 4 is 11.8 Å². The molecule has 0 saturated carbocycles. The first-order valence-electron chi connectivity index (χ1n) is 6.73. The Kier molecular flexibility index (Phi) is 3.29. The Morgan fingerprint density at radius 1 is 1.33 bits per heavy atom. The van der Waals surface area contributed by atoms with Crippen molar-refractivity contribution in [3.63, 3.8) is 0 Å². The standard InChI is InChI=1S/C15H21NOS/c1-11-7-13(17-2)8-12-9-15(3-5-16-10-15)4-6-18-14(11)12/h7-8,16H,3-6,9-10H2,1-2H3. The van der Waals surface area contributed by atoms with Gasteiger partial charge in [-0.3, -0.25) is 0 Å². The van der Waals surface area contributed by atoms with E-state index in [0.717, 1.165) is 5.75 Å². The molecule has 3 heteroatoms. The molecule has 1 atom stereocenters. The summed E-state index contributed by atoms with van der Waals surface area (Å²) in [7, 11) is 1.76. The zero-order valence-corrected chi connectivity index (χ0v) is 12.0. The van der Waals surface area contributed by atoms with E-state index in [0.29, 0.717) is 5.41 Å². The SMILES string of the molecule is COc1cc(C)c2c(c1)CC1(CCNC1)CCS2. The topological polar surface area (TPSA) is 21.3 Å². The first kappa shape index (κ1) is 12.4. The van der Waals surface area contributed by atoms with E-state index in [9.17, 15) is 0 Å². The smallest absolute Gasteiger partial charge is 0.119 e. The molecule has 1 unspecified atom stereocenters. The molecule has 1 N–H and O–H groups in total. The Labute approximate surface area is 113 Å². The molecule has 1 aromatic rings. The molecule has 1 fully saturated rings. The Bertz CT molecular complexity index is 452. The fraction of sp³-hybridized carbons (Fsp3) is 0.600. The maximum atomic E-state index is 5.43. The second kappa shape index (κ2) is 4.78. The number of fused-ring (bicyclic) bond motifs is 1. The number of hydrogen-bond donors (Lipinski definition) is 1. The number of aryl methyl sites for hydroxylation is 1. The van der Waals surface area contributed by atoms with Crippen LogP contribution in [0.25, 0.3) is 0 Å². The third kappa shape index (κ3) is 2.14. The molecule has 0 bridgehead atoms. The lowest BCUT2D eigenvalue weighted by atomic mass is 9.78. The molecule has 1 spiro atoms. The third-order valence-electron chi connectivity index (χ3n) is 4.34. The number of thioether (sulfide) groups is 1. The van der Waals surface area contributed by atoms with Gasteiger partial charge in [-0.1, -0.05) is 0 Å². The fourth-order valence-electron chi connectivity index (χ4n) is 3.29. The molecule has 98 valence electrons. The van der Waals surface area contributed by atoms with Gasteiger partial charge in [0.2, 0.25) is 0 Å². The van der Waals surface area contributed by atoms with Crippen LogP contribution < -0.4 is 10.1 Å². The predicted octanol–water partition coefficient (Wildman–Crippen LogP) is 3.02. The average molecular weight is 263 g/mol. The summed E-state index contributed by atoms with van der Waals surface area (Å²) in [6.45, 7) is 4.57. The summed E-state index contributed by atoms with van der Waals surface area (Å²) < 4.78 is 5.43. The molecule has 0 radical (unpaired) electrons. The zero-order valence-electron chi connectivity index (χ0n) is 11.2. The highest BCUT2D eigenvalue weighted by molar-refractivity contribution is 7.99. The van der Waals surface area contributed by atoms with E-state index in [1.54, 1.807) is 7.11 Å². The van der Waals surface area contributed by atoms with E-state index >= 15 is 0 Å². The van der Waals surface area contributed by atoms with Crippen LogP contribution in [0.4, 0.5) is 0 Å². The number of hydrogen-bond acceptors (Lipinski definition) is 3. The first-order valence-corrected chi connectivity index (χ1v) is 7.72. The van der Waals surface area contributed by atoms with Crippen molar-refractivity contribution in [2.75, 3.05) is 26.0 Å². The van der Waals surface area contributed by atoms with E-state index < -0.39 is 0 Å². The van der Waals surface area contributed by atoms with E-state index in [-0.39, 0.29) is 0 Å². The minimum atomic E-state index is 0.497. The molecule has 2 heterocycles. The van der Waals surface area contributed by atoms with Crippen molar-refractivity contribution in [2.45, 2.75) is 31.1 Å². The monoisotopic (exact) mass is 263 g/mol. The Morgan fingerprint density at radius 3 is 2.94 bits per heavy atom. The molecule has 18 heavy (non-hydrogen) atoms. The van der Waals surface area contributed by atoms with E-state index in [2.05, 4.69) is 24.4 Å². The lowest BCUT2D eigenvalue weighted by Gasteiger charge is -2.26. The van der Waals surface area contributed by atoms with Crippen molar-refractivity contribution in [1.29, 1.82) is 0 Å². The average Bonchev–Trinajstić information content (AvgIpc) is 2.71. The van der Waals surface area contributed by atoms with Crippen molar-refractivity contribution < 1.29 is 4.74 Å². The van der Waals surface area contributed by atoms with Crippen molar-refractivity contribution in [3.05, 3.63) is 23.3 Å². The molecule has 2 aliphatic rings. The minimum absolute atomic E-state index is 0.497. The van der Waals surface area contributed by atoms with E-state index in [1.807, 2.05) is 11.8 Å².